The van der Waals surface area contributed by atoms with E-state index in [4.69, 9.17) is 4.74 Å². The lowest BCUT2D eigenvalue weighted by Gasteiger charge is -2.40. The Balaban J connectivity index is 0.723. The zero-order valence-electron chi connectivity index (χ0n) is 33.9. The first-order valence-electron chi connectivity index (χ1n) is 21.2. The standard InChI is InChI=1S/C45H45F2N9O6/c46-34-21-32-33(45(61)56(44(32)60)36-8-10-39(57)52-43(36)59)22-37(34)54-18-16-53(17-19-54)25-26-11-14-55(15-12-26)41-35(47)20-28(24-50-41)42(58)51-29-4-6-30(7-5-29)62-38-9-3-27(23-48)40-31(38)2-1-13-49-40/h1-3,9,13,20-22,24,26,29-30,36H,4-8,10-12,14-19,25H2,(H,51,58)(H,52,57,59)/t29-,30-,36?. The van der Waals surface area contributed by atoms with Gasteiger partial charge in [0, 0.05) is 76.1 Å². The molecule has 5 aliphatic rings. The zero-order chi connectivity index (χ0) is 43.1. The molecule has 6 heterocycles. The van der Waals surface area contributed by atoms with E-state index in [2.05, 4.69) is 31.6 Å². The highest BCUT2D eigenvalue weighted by molar-refractivity contribution is 6.23. The molecule has 4 aliphatic heterocycles. The Hall–Kier alpha value is -6.54. The normalized spacial score (nSPS) is 22.4. The molecule has 1 atom stereocenters. The van der Waals surface area contributed by atoms with Crippen LogP contribution in [0.5, 0.6) is 5.75 Å². The maximum Gasteiger partial charge on any atom is 0.262 e. The molecule has 62 heavy (non-hydrogen) atoms. The van der Waals surface area contributed by atoms with Crippen LogP contribution in [0.4, 0.5) is 20.3 Å². The maximum atomic E-state index is 15.5. The van der Waals surface area contributed by atoms with Gasteiger partial charge in [-0.05, 0) is 93.3 Å². The summed E-state index contributed by atoms with van der Waals surface area (Å²) >= 11 is 0. The van der Waals surface area contributed by atoms with Crippen molar-refractivity contribution in [2.75, 3.05) is 55.6 Å². The monoisotopic (exact) mass is 845 g/mol. The van der Waals surface area contributed by atoms with Crippen LogP contribution in [0.2, 0.25) is 0 Å². The summed E-state index contributed by atoms with van der Waals surface area (Å²) in [6.07, 6.45) is 7.57. The number of piperazine rings is 1. The number of aromatic nitrogens is 2. The van der Waals surface area contributed by atoms with Crippen molar-refractivity contribution in [3.05, 3.63) is 88.7 Å². The number of benzene rings is 2. The van der Waals surface area contributed by atoms with Crippen molar-refractivity contribution in [2.45, 2.75) is 69.6 Å². The lowest BCUT2D eigenvalue weighted by atomic mass is 9.92. The number of anilines is 2. The number of pyridine rings is 2. The minimum Gasteiger partial charge on any atom is -0.490 e. The Bertz CT molecular complexity index is 2510. The fourth-order valence-corrected chi connectivity index (χ4v) is 9.49. The third-order valence-electron chi connectivity index (χ3n) is 12.9. The maximum absolute atomic E-state index is 15.5. The van der Waals surface area contributed by atoms with E-state index >= 15 is 8.78 Å². The fourth-order valence-electron chi connectivity index (χ4n) is 9.49. The van der Waals surface area contributed by atoms with Gasteiger partial charge >= 0.3 is 0 Å². The summed E-state index contributed by atoms with van der Waals surface area (Å²) in [5.41, 5.74) is 1.45. The van der Waals surface area contributed by atoms with Gasteiger partial charge in [0.15, 0.2) is 11.6 Å². The predicted molar refractivity (Wildman–Crippen MR) is 221 cm³/mol. The van der Waals surface area contributed by atoms with Gasteiger partial charge in [0.25, 0.3) is 17.7 Å². The first-order valence-corrected chi connectivity index (χ1v) is 21.2. The van der Waals surface area contributed by atoms with Gasteiger partial charge < -0.3 is 19.9 Å². The van der Waals surface area contributed by atoms with Crippen molar-refractivity contribution in [2.24, 2.45) is 5.92 Å². The van der Waals surface area contributed by atoms with Gasteiger partial charge in [-0.2, -0.15) is 5.26 Å². The summed E-state index contributed by atoms with van der Waals surface area (Å²) in [5.74, 6) is -2.85. The molecule has 5 amide bonds. The molecule has 9 rings (SSSR count). The van der Waals surface area contributed by atoms with Gasteiger partial charge in [-0.25, -0.2) is 13.8 Å². The van der Waals surface area contributed by atoms with Gasteiger partial charge in [-0.15, -0.1) is 0 Å². The number of nitrogens with one attached hydrogen (secondary N) is 2. The number of nitrogens with zero attached hydrogens (tertiary/aromatic N) is 7. The third-order valence-corrected chi connectivity index (χ3v) is 12.9. The predicted octanol–water partition coefficient (Wildman–Crippen LogP) is 4.34. The second-order valence-corrected chi connectivity index (χ2v) is 16.7. The van der Waals surface area contributed by atoms with E-state index in [0.717, 1.165) is 48.6 Å². The number of imide groups is 2. The number of halogens is 2. The van der Waals surface area contributed by atoms with Crippen LogP contribution >= 0.6 is 0 Å². The molecule has 2 N–H and O–H groups in total. The molecule has 320 valence electrons. The van der Waals surface area contributed by atoms with E-state index in [9.17, 15) is 29.2 Å². The highest BCUT2D eigenvalue weighted by Crippen LogP contribution is 2.34. The fraction of sp³-hybridized carbons (Fsp3) is 0.422. The van der Waals surface area contributed by atoms with Crippen LogP contribution in [0.25, 0.3) is 10.9 Å². The van der Waals surface area contributed by atoms with Crippen molar-refractivity contribution >= 4 is 51.9 Å². The Morgan fingerprint density at radius 2 is 1.60 bits per heavy atom. The molecule has 4 aromatic rings. The molecule has 2 aromatic carbocycles. The van der Waals surface area contributed by atoms with Crippen LogP contribution in [0, 0.1) is 28.9 Å². The molecule has 0 spiro atoms. The largest absolute Gasteiger partial charge is 0.490 e. The topological polar surface area (TPSA) is 181 Å². The molecule has 15 nitrogen and oxygen atoms in total. The number of hydrogen-bond acceptors (Lipinski definition) is 12. The van der Waals surface area contributed by atoms with Gasteiger partial charge in [0.2, 0.25) is 11.8 Å². The van der Waals surface area contributed by atoms with E-state index < -0.39 is 41.3 Å². The first kappa shape index (κ1) is 40.8. The molecule has 17 heteroatoms. The van der Waals surface area contributed by atoms with Crippen LogP contribution in [0.15, 0.2) is 54.9 Å². The van der Waals surface area contributed by atoms with Crippen LogP contribution in [0.3, 0.4) is 0 Å². The summed E-state index contributed by atoms with van der Waals surface area (Å²) in [4.78, 5) is 79.3. The van der Waals surface area contributed by atoms with Crippen LogP contribution in [-0.2, 0) is 9.59 Å². The lowest BCUT2D eigenvalue weighted by molar-refractivity contribution is -0.136. The molecule has 0 bridgehead atoms. The molecule has 3 saturated heterocycles. The number of fused-ring (bicyclic) bond motifs is 2. The number of nitriles is 1. The van der Waals surface area contributed by atoms with E-state index in [1.165, 1.54) is 18.3 Å². The molecule has 1 saturated carbocycles. The van der Waals surface area contributed by atoms with Gasteiger partial charge in [0.1, 0.15) is 23.7 Å². The molecular weight excluding hydrogens is 801 g/mol. The number of amides is 5. The Kier molecular flexibility index (Phi) is 11.3. The minimum absolute atomic E-state index is 0.0000363. The average Bonchev–Trinajstić information content (AvgIpc) is 3.51. The van der Waals surface area contributed by atoms with Crippen molar-refractivity contribution in [3.8, 4) is 11.8 Å². The van der Waals surface area contributed by atoms with Crippen LogP contribution in [0.1, 0.15) is 88.0 Å². The smallest absolute Gasteiger partial charge is 0.262 e. The number of carbonyl (C=O) groups is 5. The SMILES string of the molecule is N#Cc1ccc(O[C@H]2CC[C@H](NC(=O)c3cnc(N4CCC(CN5CCN(c6cc7c(cc6F)C(=O)N(C6CCC(=O)NC6=O)C7=O)CC5)CC4)c(F)c3)CC2)c2cccnc12. The summed E-state index contributed by atoms with van der Waals surface area (Å²) in [6.45, 7) is 4.40. The number of piperidine rings is 2. The van der Waals surface area contributed by atoms with E-state index in [1.807, 2.05) is 21.9 Å². The number of carbonyl (C=O) groups excluding carboxylic acids is 5. The summed E-state index contributed by atoms with van der Waals surface area (Å²) < 4.78 is 37.3. The van der Waals surface area contributed by atoms with Gasteiger partial charge in [-0.1, -0.05) is 0 Å². The van der Waals surface area contributed by atoms with Crippen molar-refractivity contribution in [3.63, 3.8) is 0 Å². The van der Waals surface area contributed by atoms with Gasteiger partial charge in [0.05, 0.1) is 39.6 Å². The van der Waals surface area contributed by atoms with Crippen LogP contribution < -0.4 is 25.2 Å². The Morgan fingerprint density at radius 1 is 0.855 bits per heavy atom. The number of ether oxygens (including phenoxy) is 1. The van der Waals surface area contributed by atoms with Crippen molar-refractivity contribution in [1.29, 1.82) is 5.26 Å². The Labute approximate surface area is 356 Å². The molecule has 2 aromatic heterocycles. The summed E-state index contributed by atoms with van der Waals surface area (Å²) in [7, 11) is 0. The van der Waals surface area contributed by atoms with E-state index in [-0.39, 0.29) is 59.1 Å². The second-order valence-electron chi connectivity index (χ2n) is 16.7. The molecular formula is C45H45F2N9O6. The second kappa shape index (κ2) is 17.1. The number of rotatable bonds is 9. The van der Waals surface area contributed by atoms with E-state index in [1.54, 1.807) is 18.3 Å². The highest BCUT2D eigenvalue weighted by atomic mass is 19.1. The molecule has 4 fully saturated rings. The van der Waals surface area contributed by atoms with Crippen molar-refractivity contribution in [1.82, 2.24) is 30.4 Å². The molecule has 1 aliphatic carbocycles. The van der Waals surface area contributed by atoms with E-state index in [0.29, 0.717) is 74.9 Å². The molecule has 0 radical (unpaired) electrons. The summed E-state index contributed by atoms with van der Waals surface area (Å²) in [5, 5.41) is 15.4. The highest BCUT2D eigenvalue weighted by Gasteiger charge is 2.45. The minimum atomic E-state index is -1.12. The third kappa shape index (κ3) is 8.02. The lowest BCUT2D eigenvalue weighted by Crippen LogP contribution is -2.54. The Morgan fingerprint density at radius 3 is 2.31 bits per heavy atom. The zero-order valence-corrected chi connectivity index (χ0v) is 33.9. The molecule has 1 unspecified atom stereocenters. The van der Waals surface area contributed by atoms with Crippen molar-refractivity contribution < 1.29 is 37.5 Å². The van der Waals surface area contributed by atoms with Gasteiger partial charge in [-0.3, -0.25) is 44.1 Å². The average molecular weight is 846 g/mol. The number of hydrogen-bond donors (Lipinski definition) is 2. The van der Waals surface area contributed by atoms with Crippen LogP contribution in [-0.4, -0.2) is 113 Å². The quantitative estimate of drug-likeness (QED) is 0.228. The first-order chi connectivity index (χ1) is 30.0. The summed E-state index contributed by atoms with van der Waals surface area (Å²) in [6, 6.07) is 11.9.